The van der Waals surface area contributed by atoms with Crippen molar-refractivity contribution >= 4 is 17.6 Å². The molecule has 22 heavy (non-hydrogen) atoms. The van der Waals surface area contributed by atoms with Gasteiger partial charge < -0.3 is 14.7 Å². The summed E-state index contributed by atoms with van der Waals surface area (Å²) in [6, 6.07) is 3.53. The lowest BCUT2D eigenvalue weighted by Crippen LogP contribution is -2.54. The largest absolute Gasteiger partial charge is 0.352 e. The maximum absolute atomic E-state index is 12.6. The van der Waals surface area contributed by atoms with E-state index in [1.807, 2.05) is 17.0 Å². The molecule has 2 aliphatic heterocycles. The average molecular weight is 303 g/mol. The summed E-state index contributed by atoms with van der Waals surface area (Å²) < 4.78 is 0. The SMILES string of the molecule is CC(=O)N1CCC[C@H]1C(=O)N1CCN(c2cccnn2)CC1. The number of amides is 2. The fourth-order valence-corrected chi connectivity index (χ4v) is 3.23. The minimum absolute atomic E-state index is 0.00551. The summed E-state index contributed by atoms with van der Waals surface area (Å²) in [4.78, 5) is 30.0. The van der Waals surface area contributed by atoms with Gasteiger partial charge in [-0.1, -0.05) is 0 Å². The van der Waals surface area contributed by atoms with E-state index in [4.69, 9.17) is 0 Å². The molecule has 3 heterocycles. The molecule has 3 rings (SSSR count). The third-order valence-electron chi connectivity index (χ3n) is 4.42. The Kier molecular flexibility index (Phi) is 4.22. The Morgan fingerprint density at radius 3 is 2.59 bits per heavy atom. The third kappa shape index (κ3) is 2.88. The summed E-state index contributed by atoms with van der Waals surface area (Å²) in [7, 11) is 0. The van der Waals surface area contributed by atoms with Gasteiger partial charge >= 0.3 is 0 Å². The Balaban J connectivity index is 1.59. The van der Waals surface area contributed by atoms with Gasteiger partial charge in [-0.15, -0.1) is 5.10 Å². The number of anilines is 1. The van der Waals surface area contributed by atoms with Crippen LogP contribution in [0.4, 0.5) is 5.82 Å². The average Bonchev–Trinajstić information content (AvgIpc) is 3.05. The van der Waals surface area contributed by atoms with Crippen LogP contribution >= 0.6 is 0 Å². The molecule has 0 aliphatic carbocycles. The number of rotatable bonds is 2. The Labute approximate surface area is 129 Å². The van der Waals surface area contributed by atoms with E-state index in [0.717, 1.165) is 31.7 Å². The number of carbonyl (C=O) groups is 2. The standard InChI is InChI=1S/C15H21N5O2/c1-12(21)20-7-3-4-13(20)15(22)19-10-8-18(9-11-19)14-5-2-6-16-17-14/h2,5-6,13H,3-4,7-11H2,1H3/t13-/m0/s1. The molecule has 2 aliphatic rings. The van der Waals surface area contributed by atoms with Crippen molar-refractivity contribution in [1.82, 2.24) is 20.0 Å². The van der Waals surface area contributed by atoms with Gasteiger partial charge in [0.25, 0.3) is 0 Å². The van der Waals surface area contributed by atoms with Crippen LogP contribution in [0.25, 0.3) is 0 Å². The van der Waals surface area contributed by atoms with Crippen molar-refractivity contribution in [3.8, 4) is 0 Å². The van der Waals surface area contributed by atoms with E-state index in [-0.39, 0.29) is 17.9 Å². The second-order valence-corrected chi connectivity index (χ2v) is 5.76. The maximum Gasteiger partial charge on any atom is 0.245 e. The van der Waals surface area contributed by atoms with Gasteiger partial charge in [-0.05, 0) is 25.0 Å². The van der Waals surface area contributed by atoms with Crippen LogP contribution in [0.2, 0.25) is 0 Å². The fourth-order valence-electron chi connectivity index (χ4n) is 3.23. The first-order valence-corrected chi connectivity index (χ1v) is 7.75. The zero-order chi connectivity index (χ0) is 15.5. The van der Waals surface area contributed by atoms with Crippen molar-refractivity contribution in [3.63, 3.8) is 0 Å². The van der Waals surface area contributed by atoms with Gasteiger partial charge in [0.05, 0.1) is 0 Å². The summed E-state index contributed by atoms with van der Waals surface area (Å²) in [6.07, 6.45) is 3.35. The van der Waals surface area contributed by atoms with Crippen LogP contribution in [-0.4, -0.2) is 70.6 Å². The molecule has 0 N–H and O–H groups in total. The topological polar surface area (TPSA) is 69.6 Å². The van der Waals surface area contributed by atoms with Crippen molar-refractivity contribution in [2.45, 2.75) is 25.8 Å². The van der Waals surface area contributed by atoms with Gasteiger partial charge in [0, 0.05) is 45.8 Å². The van der Waals surface area contributed by atoms with Crippen LogP contribution in [0.1, 0.15) is 19.8 Å². The molecular weight excluding hydrogens is 282 g/mol. The predicted molar refractivity (Wildman–Crippen MR) is 81.2 cm³/mol. The highest BCUT2D eigenvalue weighted by molar-refractivity contribution is 5.87. The first-order chi connectivity index (χ1) is 10.7. The number of nitrogens with zero attached hydrogens (tertiary/aromatic N) is 5. The number of carbonyl (C=O) groups excluding carboxylic acids is 2. The quantitative estimate of drug-likeness (QED) is 0.777. The molecule has 0 saturated carbocycles. The summed E-state index contributed by atoms with van der Waals surface area (Å²) in [6.45, 7) is 5.06. The zero-order valence-corrected chi connectivity index (χ0v) is 12.8. The second-order valence-electron chi connectivity index (χ2n) is 5.76. The van der Waals surface area contributed by atoms with E-state index in [9.17, 15) is 9.59 Å². The van der Waals surface area contributed by atoms with Crippen molar-refractivity contribution in [2.75, 3.05) is 37.6 Å². The lowest BCUT2D eigenvalue weighted by atomic mass is 10.1. The van der Waals surface area contributed by atoms with E-state index in [0.29, 0.717) is 19.6 Å². The fraction of sp³-hybridized carbons (Fsp3) is 0.600. The Bertz CT molecular complexity index is 542. The highest BCUT2D eigenvalue weighted by atomic mass is 16.2. The van der Waals surface area contributed by atoms with Crippen LogP contribution in [0.5, 0.6) is 0 Å². The lowest BCUT2D eigenvalue weighted by Gasteiger charge is -2.37. The minimum atomic E-state index is -0.263. The number of piperazine rings is 1. The monoisotopic (exact) mass is 303 g/mol. The molecule has 1 aromatic heterocycles. The van der Waals surface area contributed by atoms with Gasteiger partial charge in [-0.25, -0.2) is 0 Å². The predicted octanol–water partition coefficient (Wildman–Crippen LogP) is 0.136. The first kappa shape index (κ1) is 14.7. The molecule has 0 bridgehead atoms. The molecule has 1 atom stereocenters. The van der Waals surface area contributed by atoms with Crippen LogP contribution in [0.15, 0.2) is 18.3 Å². The van der Waals surface area contributed by atoms with E-state index < -0.39 is 0 Å². The summed E-state index contributed by atoms with van der Waals surface area (Å²) in [5.74, 6) is 0.932. The van der Waals surface area contributed by atoms with Crippen molar-refractivity contribution in [3.05, 3.63) is 18.3 Å². The maximum atomic E-state index is 12.6. The van der Waals surface area contributed by atoms with E-state index >= 15 is 0 Å². The number of likely N-dealkylation sites (tertiary alicyclic amines) is 1. The Morgan fingerprint density at radius 1 is 1.18 bits per heavy atom. The molecule has 0 unspecified atom stereocenters. The van der Waals surface area contributed by atoms with Crippen LogP contribution < -0.4 is 4.90 Å². The van der Waals surface area contributed by atoms with E-state index in [1.54, 1.807) is 11.1 Å². The van der Waals surface area contributed by atoms with Crippen molar-refractivity contribution in [1.29, 1.82) is 0 Å². The van der Waals surface area contributed by atoms with Crippen molar-refractivity contribution < 1.29 is 9.59 Å². The Morgan fingerprint density at radius 2 is 1.95 bits per heavy atom. The van der Waals surface area contributed by atoms with Gasteiger partial charge in [-0.3, -0.25) is 9.59 Å². The van der Waals surface area contributed by atoms with Gasteiger partial charge in [-0.2, -0.15) is 5.10 Å². The molecule has 2 fully saturated rings. The van der Waals surface area contributed by atoms with Gasteiger partial charge in [0.2, 0.25) is 11.8 Å². The molecule has 2 amide bonds. The summed E-state index contributed by atoms with van der Waals surface area (Å²) in [5, 5.41) is 7.99. The molecule has 1 aromatic rings. The van der Waals surface area contributed by atoms with Crippen LogP contribution in [-0.2, 0) is 9.59 Å². The van der Waals surface area contributed by atoms with Gasteiger partial charge in [0.1, 0.15) is 6.04 Å². The minimum Gasteiger partial charge on any atom is -0.352 e. The van der Waals surface area contributed by atoms with Crippen LogP contribution in [0, 0.1) is 0 Å². The molecule has 0 spiro atoms. The highest BCUT2D eigenvalue weighted by Crippen LogP contribution is 2.21. The molecule has 7 heteroatoms. The number of hydrogen-bond donors (Lipinski definition) is 0. The summed E-state index contributed by atoms with van der Waals surface area (Å²) in [5.41, 5.74) is 0. The molecule has 0 radical (unpaired) electrons. The van der Waals surface area contributed by atoms with Crippen LogP contribution in [0.3, 0.4) is 0 Å². The third-order valence-corrected chi connectivity index (χ3v) is 4.42. The van der Waals surface area contributed by atoms with Gasteiger partial charge in [0.15, 0.2) is 5.82 Å². The molecule has 7 nitrogen and oxygen atoms in total. The molecule has 118 valence electrons. The smallest absolute Gasteiger partial charge is 0.245 e. The number of aromatic nitrogens is 2. The zero-order valence-electron chi connectivity index (χ0n) is 12.8. The van der Waals surface area contributed by atoms with E-state index in [2.05, 4.69) is 15.1 Å². The summed E-state index contributed by atoms with van der Waals surface area (Å²) >= 11 is 0. The molecule has 2 saturated heterocycles. The van der Waals surface area contributed by atoms with Crippen molar-refractivity contribution in [2.24, 2.45) is 0 Å². The Hall–Kier alpha value is -2.18. The lowest BCUT2D eigenvalue weighted by molar-refractivity contribution is -0.143. The first-order valence-electron chi connectivity index (χ1n) is 7.75. The second kappa shape index (κ2) is 6.29. The highest BCUT2D eigenvalue weighted by Gasteiger charge is 2.36. The normalized spacial score (nSPS) is 22.0. The molecular formula is C15H21N5O2. The molecule has 0 aromatic carbocycles. The number of hydrogen-bond acceptors (Lipinski definition) is 5. The van der Waals surface area contributed by atoms with E-state index in [1.165, 1.54) is 6.92 Å².